The van der Waals surface area contributed by atoms with Crippen LogP contribution < -0.4 is 0 Å². The highest BCUT2D eigenvalue weighted by Crippen LogP contribution is 2.50. The van der Waals surface area contributed by atoms with Crippen LogP contribution >= 0.6 is 31.9 Å². The lowest BCUT2D eigenvalue weighted by Crippen LogP contribution is -2.32. The molecule has 0 spiro atoms. The summed E-state index contributed by atoms with van der Waals surface area (Å²) in [5.74, 6) is 1.20. The van der Waals surface area contributed by atoms with Gasteiger partial charge in [-0.25, -0.2) is 0 Å². The quantitative estimate of drug-likeness (QED) is 0.200. The molecule has 0 fully saturated rings. The second-order valence-electron chi connectivity index (χ2n) is 15.1. The number of aliphatic hydroxyl groups is 1. The normalized spacial score (nSPS) is 19.3. The zero-order chi connectivity index (χ0) is 30.0. The predicted octanol–water partition coefficient (Wildman–Crippen LogP) is 11.3. The smallest absolute Gasteiger partial charge is 0.141 e. The molecule has 2 unspecified atom stereocenters. The van der Waals surface area contributed by atoms with Crippen molar-refractivity contribution >= 4 is 31.9 Å². The van der Waals surface area contributed by atoms with Crippen molar-refractivity contribution in [3.8, 4) is 11.1 Å². The van der Waals surface area contributed by atoms with Gasteiger partial charge in [-0.05, 0) is 117 Å². The maximum atomic E-state index is 13.2. The van der Waals surface area contributed by atoms with E-state index in [-0.39, 0.29) is 0 Å². The van der Waals surface area contributed by atoms with Gasteiger partial charge >= 0.3 is 0 Å². The monoisotopic (exact) mass is 684 g/mol. The van der Waals surface area contributed by atoms with E-state index in [1.54, 1.807) is 0 Å². The van der Waals surface area contributed by atoms with Crippen LogP contribution in [0.15, 0.2) is 87.8 Å². The zero-order valence-electron chi connectivity index (χ0n) is 25.7. The van der Waals surface area contributed by atoms with Crippen LogP contribution in [0.3, 0.4) is 0 Å². The van der Waals surface area contributed by atoms with E-state index < -0.39 is 5.60 Å². The standard InChI is InChI=1S/C39H42Br2O/c1-37(2,3)22-27-17-25-19-29(9-14-33(25)27)39(42,30-10-15-34-26(20-30)18-28(34)23-38(4,5)6)36-21-32(41)13-16-35(36)24-7-11-31(40)12-8-24/h7-16,19-21,27-28,42H,17-18,22-23H2,1-6H3. The van der Waals surface area contributed by atoms with Gasteiger partial charge in [-0.1, -0.05) is 128 Å². The summed E-state index contributed by atoms with van der Waals surface area (Å²) in [6.07, 6.45) is 4.52. The van der Waals surface area contributed by atoms with Crippen LogP contribution in [0.5, 0.6) is 0 Å². The van der Waals surface area contributed by atoms with Crippen LogP contribution in [0.25, 0.3) is 11.1 Å². The Bertz CT molecular complexity index is 1560. The molecule has 0 radical (unpaired) electrons. The third kappa shape index (κ3) is 5.70. The fourth-order valence-corrected chi connectivity index (χ4v) is 7.94. The highest BCUT2D eigenvalue weighted by atomic mass is 79.9. The molecule has 2 atom stereocenters. The van der Waals surface area contributed by atoms with Crippen molar-refractivity contribution in [3.05, 3.63) is 127 Å². The first kappa shape index (κ1) is 29.9. The molecule has 0 aromatic heterocycles. The van der Waals surface area contributed by atoms with Gasteiger partial charge in [0, 0.05) is 14.5 Å². The molecule has 0 aliphatic heterocycles. The van der Waals surface area contributed by atoms with Gasteiger partial charge in [0.1, 0.15) is 5.60 Å². The number of benzene rings is 4. The number of halogens is 2. The average Bonchev–Trinajstić information content (AvgIpc) is 2.89. The van der Waals surface area contributed by atoms with Crippen LogP contribution in [0.4, 0.5) is 0 Å². The van der Waals surface area contributed by atoms with E-state index in [9.17, 15) is 5.11 Å². The summed E-state index contributed by atoms with van der Waals surface area (Å²) in [5, 5.41) is 13.2. The number of hydrogen-bond donors (Lipinski definition) is 1. The third-order valence-electron chi connectivity index (χ3n) is 9.18. The van der Waals surface area contributed by atoms with Gasteiger partial charge in [-0.3, -0.25) is 0 Å². The molecule has 1 N–H and O–H groups in total. The molecular formula is C39H42Br2O. The zero-order valence-corrected chi connectivity index (χ0v) is 28.9. The second-order valence-corrected chi connectivity index (χ2v) is 16.9. The first-order valence-electron chi connectivity index (χ1n) is 15.3. The average molecular weight is 687 g/mol. The van der Waals surface area contributed by atoms with Crippen molar-refractivity contribution in [3.63, 3.8) is 0 Å². The predicted molar refractivity (Wildman–Crippen MR) is 183 cm³/mol. The van der Waals surface area contributed by atoms with E-state index in [1.807, 2.05) is 0 Å². The van der Waals surface area contributed by atoms with Gasteiger partial charge < -0.3 is 5.11 Å². The molecule has 6 rings (SSSR count). The fraction of sp³-hybridized carbons (Fsp3) is 0.385. The molecule has 0 amide bonds. The van der Waals surface area contributed by atoms with E-state index in [4.69, 9.17) is 0 Å². The minimum absolute atomic E-state index is 0.300. The molecule has 42 heavy (non-hydrogen) atoms. The Morgan fingerprint density at radius 2 is 1.10 bits per heavy atom. The highest BCUT2D eigenvalue weighted by molar-refractivity contribution is 9.10. The largest absolute Gasteiger partial charge is 0.376 e. The fourth-order valence-electron chi connectivity index (χ4n) is 7.32. The van der Waals surface area contributed by atoms with Crippen molar-refractivity contribution in [1.29, 1.82) is 0 Å². The van der Waals surface area contributed by atoms with Crippen molar-refractivity contribution in [2.45, 2.75) is 84.7 Å². The van der Waals surface area contributed by atoms with Gasteiger partial charge in [0.2, 0.25) is 0 Å². The number of rotatable bonds is 6. The molecule has 218 valence electrons. The first-order valence-corrected chi connectivity index (χ1v) is 16.8. The van der Waals surface area contributed by atoms with Crippen molar-refractivity contribution in [2.75, 3.05) is 0 Å². The van der Waals surface area contributed by atoms with Gasteiger partial charge in [0.25, 0.3) is 0 Å². The molecule has 0 heterocycles. The lowest BCUT2D eigenvalue weighted by molar-refractivity contribution is 0.125. The number of fused-ring (bicyclic) bond motifs is 2. The van der Waals surface area contributed by atoms with E-state index in [0.717, 1.165) is 49.6 Å². The van der Waals surface area contributed by atoms with Gasteiger partial charge in [0.15, 0.2) is 0 Å². The lowest BCUT2D eigenvalue weighted by Gasteiger charge is -2.39. The summed E-state index contributed by atoms with van der Waals surface area (Å²) in [7, 11) is 0. The van der Waals surface area contributed by atoms with Crippen LogP contribution in [0, 0.1) is 10.8 Å². The molecule has 2 aliphatic rings. The molecule has 4 aromatic carbocycles. The molecule has 2 aliphatic carbocycles. The van der Waals surface area contributed by atoms with Crippen LogP contribution in [0.2, 0.25) is 0 Å². The summed E-state index contributed by atoms with van der Waals surface area (Å²) < 4.78 is 2.00. The van der Waals surface area contributed by atoms with E-state index in [1.165, 1.54) is 35.1 Å². The molecule has 0 saturated carbocycles. The van der Waals surface area contributed by atoms with Crippen molar-refractivity contribution in [1.82, 2.24) is 0 Å². The molecule has 0 saturated heterocycles. The minimum Gasteiger partial charge on any atom is -0.376 e. The summed E-state index contributed by atoms with van der Waals surface area (Å²) in [4.78, 5) is 0. The Balaban J connectivity index is 1.49. The minimum atomic E-state index is -1.31. The van der Waals surface area contributed by atoms with Crippen LogP contribution in [0.1, 0.15) is 105 Å². The molecule has 1 nitrogen and oxygen atoms in total. The van der Waals surface area contributed by atoms with E-state index in [0.29, 0.717) is 22.7 Å². The second kappa shape index (κ2) is 10.8. The van der Waals surface area contributed by atoms with Gasteiger partial charge in [-0.2, -0.15) is 0 Å². The van der Waals surface area contributed by atoms with Crippen molar-refractivity contribution in [2.24, 2.45) is 10.8 Å². The Hall–Kier alpha value is -2.20. The molecule has 3 heteroatoms. The maximum Gasteiger partial charge on any atom is 0.141 e. The Morgan fingerprint density at radius 3 is 1.55 bits per heavy atom. The summed E-state index contributed by atoms with van der Waals surface area (Å²) in [6.45, 7) is 14.0. The molecule has 0 bridgehead atoms. The SMILES string of the molecule is CC(C)(C)CC1Cc2cc(C(O)(c3ccc4c(c3)CC4CC(C)(C)C)c3cc(Br)ccc3-c3ccc(Br)cc3)ccc21. The highest BCUT2D eigenvalue weighted by Gasteiger charge is 2.40. The summed E-state index contributed by atoms with van der Waals surface area (Å²) >= 11 is 7.34. The number of hydrogen-bond acceptors (Lipinski definition) is 1. The van der Waals surface area contributed by atoms with Gasteiger partial charge in [-0.15, -0.1) is 0 Å². The molecular weight excluding hydrogens is 644 g/mol. The maximum absolute atomic E-state index is 13.2. The van der Waals surface area contributed by atoms with E-state index >= 15 is 0 Å². The van der Waals surface area contributed by atoms with E-state index in [2.05, 4.69) is 152 Å². The van der Waals surface area contributed by atoms with Gasteiger partial charge in [0.05, 0.1) is 0 Å². The Labute approximate surface area is 269 Å². The third-order valence-corrected chi connectivity index (χ3v) is 10.2. The topological polar surface area (TPSA) is 20.2 Å². The Morgan fingerprint density at radius 1 is 0.619 bits per heavy atom. The lowest BCUT2D eigenvalue weighted by atomic mass is 9.66. The molecule has 4 aromatic rings. The van der Waals surface area contributed by atoms with Crippen LogP contribution in [-0.2, 0) is 18.4 Å². The first-order chi connectivity index (χ1) is 19.7. The summed E-state index contributed by atoms with van der Waals surface area (Å²) in [6, 6.07) is 28.2. The van der Waals surface area contributed by atoms with Crippen LogP contribution in [-0.4, -0.2) is 5.11 Å². The van der Waals surface area contributed by atoms with Crippen molar-refractivity contribution < 1.29 is 5.11 Å². The Kier molecular flexibility index (Phi) is 7.64. The summed E-state index contributed by atoms with van der Waals surface area (Å²) in [5.41, 5.74) is 9.83.